The molecule has 2 N–H and O–H groups in total. The van der Waals surface area contributed by atoms with Crippen LogP contribution in [0.5, 0.6) is 0 Å². The number of hydrogen-bond acceptors (Lipinski definition) is 4. The first kappa shape index (κ1) is 15.8. The Labute approximate surface area is 147 Å². The second-order valence-electron chi connectivity index (χ2n) is 5.76. The maximum Gasteiger partial charge on any atom is 0.212 e. The van der Waals surface area contributed by atoms with Crippen LogP contribution in [-0.4, -0.2) is 31.0 Å². The molecule has 0 atom stereocenters. The van der Waals surface area contributed by atoms with Crippen molar-refractivity contribution in [3.63, 3.8) is 0 Å². The van der Waals surface area contributed by atoms with E-state index in [1.54, 1.807) is 36.1 Å². The molecule has 128 valence electrons. The summed E-state index contributed by atoms with van der Waals surface area (Å²) in [5, 5.41) is 10.1. The number of nitrogens with one attached hydrogen (secondary N) is 2. The van der Waals surface area contributed by atoms with Crippen LogP contribution in [0.25, 0.3) is 27.8 Å². The molecular formula is C18H13FN6O. The molecule has 0 aliphatic rings. The second kappa shape index (κ2) is 5.97. The molecule has 0 aliphatic carbocycles. The predicted octanol–water partition coefficient (Wildman–Crippen LogP) is 2.46. The number of imidazole rings is 1. The van der Waals surface area contributed by atoms with E-state index in [0.717, 1.165) is 5.39 Å². The Morgan fingerprint density at radius 2 is 2.27 bits per heavy atom. The lowest BCUT2D eigenvalue weighted by Gasteiger charge is -2.12. The molecule has 0 unspecified atom stereocenters. The van der Waals surface area contributed by atoms with Crippen molar-refractivity contribution >= 4 is 28.8 Å². The summed E-state index contributed by atoms with van der Waals surface area (Å²) in [5.74, 6) is 2.51. The molecule has 3 heterocycles. The number of aromatic amines is 1. The third-order valence-corrected chi connectivity index (χ3v) is 4.26. The number of fused-ring (bicyclic) bond motifs is 2. The molecule has 1 amide bonds. The number of carbonyl (C=O) groups excluding carboxylic acids is 1. The van der Waals surface area contributed by atoms with Gasteiger partial charge in [0.15, 0.2) is 11.5 Å². The van der Waals surface area contributed by atoms with Gasteiger partial charge in [-0.1, -0.05) is 0 Å². The summed E-state index contributed by atoms with van der Waals surface area (Å²) >= 11 is 0. The lowest BCUT2D eigenvalue weighted by atomic mass is 9.96. The highest BCUT2D eigenvalue weighted by molar-refractivity contribution is 5.97. The summed E-state index contributed by atoms with van der Waals surface area (Å²) in [4.78, 5) is 19.2. The number of amides is 1. The minimum atomic E-state index is -0.370. The molecule has 3 aromatic heterocycles. The van der Waals surface area contributed by atoms with Crippen LogP contribution in [0.2, 0.25) is 0 Å². The number of benzene rings is 1. The van der Waals surface area contributed by atoms with E-state index in [2.05, 4.69) is 31.4 Å². The summed E-state index contributed by atoms with van der Waals surface area (Å²) in [6.07, 6.45) is 12.7. The number of carbonyl (C=O) groups is 1. The van der Waals surface area contributed by atoms with Crippen LogP contribution in [0, 0.1) is 25.1 Å². The summed E-state index contributed by atoms with van der Waals surface area (Å²) < 4.78 is 16.6. The molecule has 0 radical (unpaired) electrons. The smallest absolute Gasteiger partial charge is 0.212 e. The molecule has 0 saturated carbocycles. The summed E-state index contributed by atoms with van der Waals surface area (Å²) in [5.41, 5.74) is 3.18. The van der Waals surface area contributed by atoms with Crippen molar-refractivity contribution in [3.05, 3.63) is 41.7 Å². The molecule has 0 saturated heterocycles. The fourth-order valence-electron chi connectivity index (χ4n) is 3.11. The van der Waals surface area contributed by atoms with Gasteiger partial charge < -0.3 is 9.72 Å². The number of nitrogens with zero attached hydrogens (tertiary/aromatic N) is 4. The average molecular weight is 348 g/mol. The van der Waals surface area contributed by atoms with Crippen LogP contribution in [0.3, 0.4) is 0 Å². The molecule has 1 aromatic carbocycles. The normalized spacial score (nSPS) is 11.0. The quantitative estimate of drug-likeness (QED) is 0.438. The fraction of sp³-hybridized carbons (Fsp3) is 0.111. The van der Waals surface area contributed by atoms with Crippen molar-refractivity contribution in [1.82, 2.24) is 24.6 Å². The van der Waals surface area contributed by atoms with Crippen molar-refractivity contribution in [2.75, 3.05) is 5.32 Å². The van der Waals surface area contributed by atoms with E-state index in [4.69, 9.17) is 6.42 Å². The summed E-state index contributed by atoms with van der Waals surface area (Å²) in [6, 6.07) is 0. The van der Waals surface area contributed by atoms with Gasteiger partial charge in [-0.05, 0) is 12.5 Å². The van der Waals surface area contributed by atoms with Crippen molar-refractivity contribution in [1.29, 1.82) is 0 Å². The van der Waals surface area contributed by atoms with Crippen LogP contribution < -0.4 is 5.32 Å². The van der Waals surface area contributed by atoms with Gasteiger partial charge >= 0.3 is 0 Å². The maximum atomic E-state index is 14.9. The fourth-order valence-corrected chi connectivity index (χ4v) is 3.11. The van der Waals surface area contributed by atoms with Gasteiger partial charge in [-0.15, -0.1) is 12.3 Å². The molecular weight excluding hydrogens is 335 g/mol. The lowest BCUT2D eigenvalue weighted by molar-refractivity contribution is -0.105. The zero-order valence-electron chi connectivity index (χ0n) is 13.7. The highest BCUT2D eigenvalue weighted by atomic mass is 19.1. The van der Waals surface area contributed by atoms with Crippen LogP contribution in [0.15, 0.2) is 24.8 Å². The Bertz CT molecular complexity index is 1200. The molecule has 0 spiro atoms. The van der Waals surface area contributed by atoms with E-state index in [1.807, 2.05) is 0 Å². The molecule has 7 nitrogen and oxygen atoms in total. The van der Waals surface area contributed by atoms with Crippen molar-refractivity contribution in [2.24, 2.45) is 0 Å². The summed E-state index contributed by atoms with van der Waals surface area (Å²) in [7, 11) is 0. The van der Waals surface area contributed by atoms with E-state index < -0.39 is 0 Å². The Balaban J connectivity index is 1.97. The molecule has 0 bridgehead atoms. The number of rotatable bonds is 4. The third-order valence-electron chi connectivity index (χ3n) is 4.26. The number of H-pyrrole nitrogens is 1. The van der Waals surface area contributed by atoms with Crippen molar-refractivity contribution in [2.45, 2.75) is 13.3 Å². The number of anilines is 1. The third kappa shape index (κ3) is 2.29. The highest BCUT2D eigenvalue weighted by Crippen LogP contribution is 2.34. The van der Waals surface area contributed by atoms with E-state index in [-0.39, 0.29) is 12.2 Å². The van der Waals surface area contributed by atoms with Crippen LogP contribution in [0.1, 0.15) is 11.1 Å². The van der Waals surface area contributed by atoms with Crippen LogP contribution >= 0.6 is 0 Å². The largest absolute Gasteiger partial charge is 0.312 e. The van der Waals surface area contributed by atoms with Gasteiger partial charge in [0.25, 0.3) is 0 Å². The lowest BCUT2D eigenvalue weighted by Crippen LogP contribution is -2.00. The molecule has 0 aliphatic heterocycles. The van der Waals surface area contributed by atoms with Gasteiger partial charge in [0.1, 0.15) is 5.82 Å². The Hall–Kier alpha value is -3.73. The van der Waals surface area contributed by atoms with Gasteiger partial charge in [-0.25, -0.2) is 9.37 Å². The molecule has 26 heavy (non-hydrogen) atoms. The van der Waals surface area contributed by atoms with Crippen molar-refractivity contribution < 1.29 is 9.18 Å². The second-order valence-corrected chi connectivity index (χ2v) is 5.76. The summed E-state index contributed by atoms with van der Waals surface area (Å²) in [6.45, 7) is 1.69. The van der Waals surface area contributed by atoms with E-state index in [1.165, 1.54) is 0 Å². The first-order valence-electron chi connectivity index (χ1n) is 7.76. The zero-order valence-corrected chi connectivity index (χ0v) is 13.7. The van der Waals surface area contributed by atoms with Gasteiger partial charge in [-0.3, -0.25) is 14.9 Å². The minimum Gasteiger partial charge on any atom is -0.312 e. The topological polar surface area (TPSA) is 88.0 Å². The van der Waals surface area contributed by atoms with Crippen LogP contribution in [-0.2, 0) is 11.2 Å². The van der Waals surface area contributed by atoms with Gasteiger partial charge in [0.05, 0.1) is 29.8 Å². The highest BCUT2D eigenvalue weighted by Gasteiger charge is 2.20. The number of aromatic nitrogens is 5. The van der Waals surface area contributed by atoms with E-state index in [9.17, 15) is 9.18 Å². The molecule has 8 heteroatoms. The Kier molecular flexibility index (Phi) is 3.62. The molecule has 4 rings (SSSR count). The monoisotopic (exact) mass is 348 g/mol. The standard InChI is InChI=1S/C18H13FN6O/c1-3-4-11-17(19)10(2)16(12-5-22-24-18(11)12)13-7-25-8-14(21-9-26)23-15(25)6-20-13/h1,5-9H,4H2,2H3,(H,21,26)(H,22,24). The molecule has 4 aromatic rings. The average Bonchev–Trinajstić information content (AvgIpc) is 3.25. The van der Waals surface area contributed by atoms with E-state index in [0.29, 0.717) is 45.8 Å². The van der Waals surface area contributed by atoms with Gasteiger partial charge in [0.2, 0.25) is 6.41 Å². The predicted molar refractivity (Wildman–Crippen MR) is 95.0 cm³/mol. The van der Waals surface area contributed by atoms with Crippen molar-refractivity contribution in [3.8, 4) is 23.6 Å². The minimum absolute atomic E-state index is 0.167. The van der Waals surface area contributed by atoms with E-state index >= 15 is 0 Å². The SMILES string of the molecule is C#CCc1c(F)c(C)c(-c2cn3cc(NC=O)nc3cn2)c2cn[nH]c12. The first-order chi connectivity index (χ1) is 12.6. The number of hydrogen-bond donors (Lipinski definition) is 2. The van der Waals surface area contributed by atoms with Crippen LogP contribution in [0.4, 0.5) is 10.2 Å². The molecule has 0 fully saturated rings. The Morgan fingerprint density at radius 1 is 1.42 bits per heavy atom. The zero-order chi connectivity index (χ0) is 18.3. The Morgan fingerprint density at radius 3 is 3.04 bits per heavy atom. The number of terminal acetylenes is 1. The van der Waals surface area contributed by atoms with Gasteiger partial charge in [0, 0.05) is 29.1 Å². The first-order valence-corrected chi connectivity index (χ1v) is 7.76. The van der Waals surface area contributed by atoms with Gasteiger partial charge in [-0.2, -0.15) is 5.10 Å². The number of halogens is 1. The maximum absolute atomic E-state index is 14.9.